The normalized spacial score (nSPS) is 12.0. The van der Waals surface area contributed by atoms with E-state index in [1.54, 1.807) is 0 Å². The number of nitrogens with two attached hydrogens (primary N) is 1. The molecule has 0 saturated carbocycles. The summed E-state index contributed by atoms with van der Waals surface area (Å²) < 4.78 is 2.15. The lowest BCUT2D eigenvalue weighted by atomic mass is 9.87. The Hall–Kier alpha value is -2.13. The Labute approximate surface area is 131 Å². The van der Waals surface area contributed by atoms with Gasteiger partial charge in [0.1, 0.15) is 5.82 Å². The van der Waals surface area contributed by atoms with E-state index >= 15 is 0 Å². The number of benzene rings is 1. The van der Waals surface area contributed by atoms with Crippen LogP contribution in [-0.4, -0.2) is 15.9 Å². The smallest absolute Gasteiger partial charge is 0.144 e. The molecule has 0 aliphatic rings. The molecule has 0 atom stereocenters. The van der Waals surface area contributed by atoms with Crippen LogP contribution in [0.2, 0.25) is 0 Å². The maximum absolute atomic E-state index is 5.72. The fourth-order valence-electron chi connectivity index (χ4n) is 2.75. The first-order valence-corrected chi connectivity index (χ1v) is 7.77. The minimum atomic E-state index is 0.165. The van der Waals surface area contributed by atoms with Crippen LogP contribution in [0, 0.1) is 0 Å². The molecular formula is C19H23N3. The molecule has 3 aromatic rings. The fourth-order valence-corrected chi connectivity index (χ4v) is 2.75. The summed E-state index contributed by atoms with van der Waals surface area (Å²) in [4.78, 5) is 4.82. The van der Waals surface area contributed by atoms with Gasteiger partial charge in [0.15, 0.2) is 0 Å². The van der Waals surface area contributed by atoms with Gasteiger partial charge in [0, 0.05) is 18.2 Å². The van der Waals surface area contributed by atoms with Crippen LogP contribution >= 0.6 is 0 Å². The van der Waals surface area contributed by atoms with Crippen molar-refractivity contribution in [3.63, 3.8) is 0 Å². The molecule has 1 aromatic carbocycles. The Morgan fingerprint density at radius 3 is 2.41 bits per heavy atom. The number of nitrogens with zero attached hydrogens (tertiary/aromatic N) is 2. The summed E-state index contributed by atoms with van der Waals surface area (Å²) in [6, 6.07) is 14.9. The second-order valence-electron chi connectivity index (χ2n) is 6.70. The van der Waals surface area contributed by atoms with Crippen molar-refractivity contribution in [1.29, 1.82) is 0 Å². The summed E-state index contributed by atoms with van der Waals surface area (Å²) in [5.41, 5.74) is 10.6. The molecule has 3 heteroatoms. The third-order valence-corrected chi connectivity index (χ3v) is 4.01. The van der Waals surface area contributed by atoms with E-state index in [9.17, 15) is 0 Å². The molecule has 2 heterocycles. The van der Waals surface area contributed by atoms with E-state index in [0.29, 0.717) is 6.54 Å². The molecule has 22 heavy (non-hydrogen) atoms. The molecule has 0 amide bonds. The summed E-state index contributed by atoms with van der Waals surface area (Å²) in [6.07, 6.45) is 2.86. The van der Waals surface area contributed by atoms with Crippen molar-refractivity contribution in [3.05, 3.63) is 59.9 Å². The minimum absolute atomic E-state index is 0.165. The zero-order valence-corrected chi connectivity index (χ0v) is 13.5. The molecule has 3 rings (SSSR count). The van der Waals surface area contributed by atoms with E-state index < -0.39 is 0 Å². The van der Waals surface area contributed by atoms with Crippen molar-refractivity contribution >= 4 is 5.52 Å². The minimum Gasteiger partial charge on any atom is -0.330 e. The van der Waals surface area contributed by atoms with Gasteiger partial charge in [-0.1, -0.05) is 51.1 Å². The number of fused-ring (bicyclic) bond motifs is 1. The monoisotopic (exact) mass is 293 g/mol. The maximum atomic E-state index is 5.72. The van der Waals surface area contributed by atoms with Gasteiger partial charge < -0.3 is 5.73 Å². The number of hydrogen-bond donors (Lipinski definition) is 1. The van der Waals surface area contributed by atoms with Gasteiger partial charge in [-0.2, -0.15) is 0 Å². The maximum Gasteiger partial charge on any atom is 0.144 e. The second kappa shape index (κ2) is 5.58. The Morgan fingerprint density at radius 2 is 1.77 bits per heavy atom. The van der Waals surface area contributed by atoms with Gasteiger partial charge in [0.05, 0.1) is 11.2 Å². The third-order valence-electron chi connectivity index (χ3n) is 4.01. The van der Waals surface area contributed by atoms with E-state index in [1.807, 2.05) is 12.1 Å². The molecule has 0 aliphatic heterocycles. The summed E-state index contributed by atoms with van der Waals surface area (Å²) >= 11 is 0. The number of aromatic nitrogens is 2. The molecule has 0 unspecified atom stereocenters. The van der Waals surface area contributed by atoms with Crippen molar-refractivity contribution in [2.45, 2.75) is 32.6 Å². The average Bonchev–Trinajstić information content (AvgIpc) is 2.86. The van der Waals surface area contributed by atoms with Gasteiger partial charge in [0.2, 0.25) is 0 Å². The Morgan fingerprint density at radius 1 is 1.05 bits per heavy atom. The van der Waals surface area contributed by atoms with Crippen LogP contribution in [0.25, 0.3) is 16.9 Å². The highest BCUT2D eigenvalue weighted by Gasteiger charge is 2.15. The van der Waals surface area contributed by atoms with Gasteiger partial charge in [0.25, 0.3) is 0 Å². The van der Waals surface area contributed by atoms with Gasteiger partial charge in [-0.3, -0.25) is 4.40 Å². The molecule has 0 aliphatic carbocycles. The molecule has 0 bridgehead atoms. The second-order valence-corrected chi connectivity index (χ2v) is 6.70. The van der Waals surface area contributed by atoms with Crippen LogP contribution in [0.15, 0.2) is 48.7 Å². The highest BCUT2D eigenvalue weighted by Crippen LogP contribution is 2.27. The average molecular weight is 293 g/mol. The van der Waals surface area contributed by atoms with Crippen molar-refractivity contribution in [2.75, 3.05) is 6.54 Å². The lowest BCUT2D eigenvalue weighted by Gasteiger charge is -2.19. The molecule has 2 aromatic heterocycles. The SMILES string of the molecule is CC(C)(C)c1ccc(-c2nc(CCN)c3ccccn23)cc1. The highest BCUT2D eigenvalue weighted by atomic mass is 15.0. The quantitative estimate of drug-likeness (QED) is 0.798. The third kappa shape index (κ3) is 2.64. The van der Waals surface area contributed by atoms with Crippen molar-refractivity contribution in [1.82, 2.24) is 9.38 Å². The summed E-state index contributed by atoms with van der Waals surface area (Å²) in [6.45, 7) is 7.30. The number of hydrogen-bond acceptors (Lipinski definition) is 2. The molecule has 0 spiro atoms. The Kier molecular flexibility index (Phi) is 3.75. The lowest BCUT2D eigenvalue weighted by molar-refractivity contribution is 0.590. The number of imidazole rings is 1. The van der Waals surface area contributed by atoms with Gasteiger partial charge in [-0.15, -0.1) is 0 Å². The zero-order valence-electron chi connectivity index (χ0n) is 13.5. The van der Waals surface area contributed by atoms with Crippen LogP contribution in [0.5, 0.6) is 0 Å². The summed E-state index contributed by atoms with van der Waals surface area (Å²) in [5, 5.41) is 0. The van der Waals surface area contributed by atoms with Crippen LogP contribution in [0.3, 0.4) is 0 Å². The summed E-state index contributed by atoms with van der Waals surface area (Å²) in [7, 11) is 0. The summed E-state index contributed by atoms with van der Waals surface area (Å²) in [5.74, 6) is 0.986. The molecule has 114 valence electrons. The van der Waals surface area contributed by atoms with Gasteiger partial charge in [-0.25, -0.2) is 4.98 Å². The largest absolute Gasteiger partial charge is 0.330 e. The van der Waals surface area contributed by atoms with Crippen molar-refractivity contribution in [3.8, 4) is 11.4 Å². The van der Waals surface area contributed by atoms with Crippen LogP contribution < -0.4 is 5.73 Å². The van der Waals surface area contributed by atoms with Gasteiger partial charge >= 0.3 is 0 Å². The number of rotatable bonds is 3. The van der Waals surface area contributed by atoms with Crippen LogP contribution in [0.1, 0.15) is 32.0 Å². The first-order valence-electron chi connectivity index (χ1n) is 7.77. The highest BCUT2D eigenvalue weighted by molar-refractivity contribution is 5.65. The Bertz CT molecular complexity index is 777. The van der Waals surface area contributed by atoms with E-state index in [0.717, 1.165) is 29.0 Å². The predicted molar refractivity (Wildman–Crippen MR) is 92.1 cm³/mol. The van der Waals surface area contributed by atoms with Crippen molar-refractivity contribution < 1.29 is 0 Å². The van der Waals surface area contributed by atoms with Crippen LogP contribution in [-0.2, 0) is 11.8 Å². The predicted octanol–water partition coefficient (Wildman–Crippen LogP) is 3.80. The topological polar surface area (TPSA) is 43.3 Å². The van der Waals surface area contributed by atoms with Gasteiger partial charge in [-0.05, 0) is 29.7 Å². The Balaban J connectivity index is 2.10. The molecule has 3 nitrogen and oxygen atoms in total. The standard InChI is InChI=1S/C19H23N3/c1-19(2,3)15-9-7-14(8-10-15)18-21-16(11-12-20)17-6-4-5-13-22(17)18/h4-10,13H,11-12,20H2,1-3H3. The molecular weight excluding hydrogens is 270 g/mol. The van der Waals surface area contributed by atoms with E-state index in [2.05, 4.69) is 61.7 Å². The first-order chi connectivity index (χ1) is 10.5. The molecule has 2 N–H and O–H groups in total. The van der Waals surface area contributed by atoms with E-state index in [1.165, 1.54) is 5.56 Å². The molecule has 0 saturated heterocycles. The van der Waals surface area contributed by atoms with Crippen LogP contribution in [0.4, 0.5) is 0 Å². The molecule has 0 fully saturated rings. The number of pyridine rings is 1. The van der Waals surface area contributed by atoms with E-state index in [4.69, 9.17) is 10.7 Å². The molecule has 0 radical (unpaired) electrons. The zero-order chi connectivity index (χ0) is 15.7. The van der Waals surface area contributed by atoms with E-state index in [-0.39, 0.29) is 5.41 Å². The van der Waals surface area contributed by atoms with Crippen molar-refractivity contribution in [2.24, 2.45) is 5.73 Å². The fraction of sp³-hybridized carbons (Fsp3) is 0.316. The lowest BCUT2D eigenvalue weighted by Crippen LogP contribution is -2.10. The first kappa shape index (κ1) is 14.8.